The van der Waals surface area contributed by atoms with Gasteiger partial charge in [-0.1, -0.05) is 69.8 Å². The van der Waals surface area contributed by atoms with E-state index in [-0.39, 0.29) is 0 Å². The van der Waals surface area contributed by atoms with E-state index in [1.54, 1.807) is 0 Å². The van der Waals surface area contributed by atoms with Crippen molar-refractivity contribution in [2.45, 2.75) is 65.3 Å². The van der Waals surface area contributed by atoms with Gasteiger partial charge in [0.25, 0.3) is 0 Å². The molecular weight excluding hydrogens is 374 g/mol. The van der Waals surface area contributed by atoms with Crippen molar-refractivity contribution in [2.24, 2.45) is 0 Å². The molecule has 0 aromatic heterocycles. The lowest BCUT2D eigenvalue weighted by molar-refractivity contribution is 0.388. The molecular formula is C30H35N. The molecule has 0 N–H and O–H groups in total. The summed E-state index contributed by atoms with van der Waals surface area (Å²) in [5.74, 6) is 0. The van der Waals surface area contributed by atoms with Gasteiger partial charge in [-0.25, -0.2) is 0 Å². The third-order valence-corrected chi connectivity index (χ3v) is 6.73. The molecule has 2 heterocycles. The van der Waals surface area contributed by atoms with Gasteiger partial charge < -0.3 is 4.90 Å². The lowest BCUT2D eigenvalue weighted by atomic mass is 9.83. The van der Waals surface area contributed by atoms with Crippen LogP contribution in [-0.4, -0.2) is 10.9 Å². The summed E-state index contributed by atoms with van der Waals surface area (Å²) in [5, 5.41) is 0. The number of nitrogens with zero attached hydrogens (tertiary/aromatic N) is 1. The summed E-state index contributed by atoms with van der Waals surface area (Å²) in [6, 6.07) is 16.2. The molecule has 0 bridgehead atoms. The van der Waals surface area contributed by atoms with E-state index in [9.17, 15) is 0 Å². The maximum atomic E-state index is 4.38. The van der Waals surface area contributed by atoms with Crippen molar-refractivity contribution >= 4 is 5.70 Å². The van der Waals surface area contributed by atoms with E-state index in [4.69, 9.17) is 0 Å². The number of hydrogen-bond acceptors (Lipinski definition) is 1. The summed E-state index contributed by atoms with van der Waals surface area (Å²) in [7, 11) is 0. The number of rotatable bonds is 7. The summed E-state index contributed by atoms with van der Waals surface area (Å²) in [5.41, 5.74) is 12.1. The van der Waals surface area contributed by atoms with Gasteiger partial charge in [0.15, 0.2) is 0 Å². The van der Waals surface area contributed by atoms with Crippen LogP contribution in [0.15, 0.2) is 84.6 Å². The highest BCUT2D eigenvalue weighted by Gasteiger charge is 2.30. The fourth-order valence-electron chi connectivity index (χ4n) is 5.00. The Morgan fingerprint density at radius 3 is 2.55 bits per heavy atom. The first-order valence-electron chi connectivity index (χ1n) is 11.8. The topological polar surface area (TPSA) is 3.24 Å². The van der Waals surface area contributed by atoms with Crippen LogP contribution in [0.4, 0.5) is 0 Å². The largest absolute Gasteiger partial charge is 0.344 e. The van der Waals surface area contributed by atoms with Gasteiger partial charge in [0.2, 0.25) is 0 Å². The van der Waals surface area contributed by atoms with Crippen molar-refractivity contribution in [1.82, 2.24) is 4.90 Å². The normalized spacial score (nSPS) is 17.6. The lowest BCUT2D eigenvalue weighted by Crippen LogP contribution is -2.35. The van der Waals surface area contributed by atoms with Crippen molar-refractivity contribution in [3.05, 3.63) is 112 Å². The second kappa shape index (κ2) is 9.14. The third-order valence-electron chi connectivity index (χ3n) is 6.73. The quantitative estimate of drug-likeness (QED) is 0.459. The van der Waals surface area contributed by atoms with Gasteiger partial charge in [-0.3, -0.25) is 0 Å². The molecule has 0 spiro atoms. The predicted octanol–water partition coefficient (Wildman–Crippen LogP) is 7.43. The summed E-state index contributed by atoms with van der Waals surface area (Å²) in [4.78, 5) is 2.45. The van der Waals surface area contributed by atoms with E-state index in [0.717, 1.165) is 44.1 Å². The SMILES string of the molecule is C=C1C=C2c3cc(CC)c(CCc4ccccc4)cc3CC(C)N2C=C1C(=C)CCC. The zero-order chi connectivity index (χ0) is 22.0. The highest BCUT2D eigenvalue weighted by molar-refractivity contribution is 5.77. The second-order valence-corrected chi connectivity index (χ2v) is 9.03. The Kier molecular flexibility index (Phi) is 6.32. The zero-order valence-corrected chi connectivity index (χ0v) is 19.4. The maximum Gasteiger partial charge on any atom is 0.0491 e. The number of aryl methyl sites for hydroxylation is 3. The van der Waals surface area contributed by atoms with Crippen LogP contribution in [-0.2, 0) is 25.7 Å². The second-order valence-electron chi connectivity index (χ2n) is 9.03. The standard InChI is InChI=1S/C30H35N/c1-6-11-21(3)29-20-31-23(5)17-27-18-26(15-14-24-12-9-8-10-13-24)25(7-2)19-28(27)30(31)16-22(29)4/h8-10,12-13,16,18-20,23H,3-4,6-7,11,14-15,17H2,1-2,5H3. The number of hydrogen-bond donors (Lipinski definition) is 0. The first kappa shape index (κ1) is 21.4. The van der Waals surface area contributed by atoms with Crippen LogP contribution < -0.4 is 0 Å². The average molecular weight is 410 g/mol. The monoisotopic (exact) mass is 409 g/mol. The van der Waals surface area contributed by atoms with Crippen molar-refractivity contribution in [1.29, 1.82) is 0 Å². The van der Waals surface area contributed by atoms with Crippen LogP contribution in [0.2, 0.25) is 0 Å². The van der Waals surface area contributed by atoms with Crippen molar-refractivity contribution in [3.63, 3.8) is 0 Å². The van der Waals surface area contributed by atoms with Gasteiger partial charge in [-0.05, 0) is 90.1 Å². The van der Waals surface area contributed by atoms with Gasteiger partial charge in [0, 0.05) is 23.5 Å². The minimum atomic E-state index is 0.436. The van der Waals surface area contributed by atoms with Crippen LogP contribution in [0.5, 0.6) is 0 Å². The number of benzene rings is 2. The molecule has 2 aliphatic rings. The van der Waals surface area contributed by atoms with Crippen LogP contribution in [0.1, 0.15) is 61.4 Å². The molecule has 0 saturated carbocycles. The molecule has 0 amide bonds. The molecule has 1 heteroatoms. The molecule has 1 unspecified atom stereocenters. The lowest BCUT2D eigenvalue weighted by Gasteiger charge is -2.40. The fourth-order valence-corrected chi connectivity index (χ4v) is 5.00. The van der Waals surface area contributed by atoms with E-state index >= 15 is 0 Å². The molecule has 0 radical (unpaired) electrons. The minimum absolute atomic E-state index is 0.436. The van der Waals surface area contributed by atoms with Crippen molar-refractivity contribution in [3.8, 4) is 0 Å². The third kappa shape index (κ3) is 4.32. The van der Waals surface area contributed by atoms with E-state index in [1.807, 2.05) is 0 Å². The molecule has 0 aliphatic carbocycles. The highest BCUT2D eigenvalue weighted by atomic mass is 15.2. The Labute approximate surface area is 188 Å². The molecule has 2 aromatic rings. The molecule has 1 nitrogen and oxygen atoms in total. The molecule has 2 aromatic carbocycles. The molecule has 1 atom stereocenters. The van der Waals surface area contributed by atoms with Crippen LogP contribution in [0.3, 0.4) is 0 Å². The molecule has 2 aliphatic heterocycles. The Hall–Kier alpha value is -2.80. The minimum Gasteiger partial charge on any atom is -0.344 e. The Balaban J connectivity index is 1.66. The summed E-state index contributed by atoms with van der Waals surface area (Å²) in [6.07, 6.45) is 11.1. The van der Waals surface area contributed by atoms with Crippen LogP contribution in [0, 0.1) is 0 Å². The molecule has 31 heavy (non-hydrogen) atoms. The van der Waals surface area contributed by atoms with Crippen LogP contribution >= 0.6 is 0 Å². The van der Waals surface area contributed by atoms with Gasteiger partial charge >= 0.3 is 0 Å². The zero-order valence-electron chi connectivity index (χ0n) is 19.4. The Bertz CT molecular complexity index is 1050. The van der Waals surface area contributed by atoms with Gasteiger partial charge in [0.1, 0.15) is 0 Å². The first-order valence-corrected chi connectivity index (χ1v) is 11.8. The first-order chi connectivity index (χ1) is 15.0. The van der Waals surface area contributed by atoms with Crippen molar-refractivity contribution < 1.29 is 0 Å². The van der Waals surface area contributed by atoms with Gasteiger partial charge in [-0.15, -0.1) is 0 Å². The highest BCUT2D eigenvalue weighted by Crippen LogP contribution is 2.40. The molecule has 160 valence electrons. The summed E-state index contributed by atoms with van der Waals surface area (Å²) >= 11 is 0. The smallest absolute Gasteiger partial charge is 0.0491 e. The van der Waals surface area contributed by atoms with E-state index in [1.165, 1.54) is 44.7 Å². The average Bonchev–Trinajstić information content (AvgIpc) is 2.77. The number of allylic oxidation sites excluding steroid dienone is 4. The molecule has 4 rings (SSSR count). The maximum absolute atomic E-state index is 4.38. The van der Waals surface area contributed by atoms with Crippen molar-refractivity contribution in [2.75, 3.05) is 0 Å². The van der Waals surface area contributed by atoms with E-state index in [2.05, 4.69) is 93.6 Å². The van der Waals surface area contributed by atoms with Gasteiger partial charge in [0.05, 0.1) is 0 Å². The summed E-state index contributed by atoms with van der Waals surface area (Å²) < 4.78 is 0. The van der Waals surface area contributed by atoms with E-state index in [0.29, 0.717) is 6.04 Å². The van der Waals surface area contributed by atoms with E-state index < -0.39 is 0 Å². The van der Waals surface area contributed by atoms with Crippen LogP contribution in [0.25, 0.3) is 5.70 Å². The Morgan fingerprint density at radius 2 is 1.84 bits per heavy atom. The Morgan fingerprint density at radius 1 is 1.06 bits per heavy atom. The van der Waals surface area contributed by atoms with Gasteiger partial charge in [-0.2, -0.15) is 0 Å². The molecule has 0 saturated heterocycles. The fraction of sp³-hybridized carbons (Fsp3) is 0.333. The summed E-state index contributed by atoms with van der Waals surface area (Å²) in [6.45, 7) is 15.5. The number of fused-ring (bicyclic) bond motifs is 3. The predicted molar refractivity (Wildman–Crippen MR) is 134 cm³/mol. The molecule has 0 fully saturated rings.